The van der Waals surface area contributed by atoms with Gasteiger partial charge in [-0.3, -0.25) is 28.7 Å². The van der Waals surface area contributed by atoms with Crippen LogP contribution < -0.4 is 27.4 Å². The van der Waals surface area contributed by atoms with Crippen LogP contribution in [0.25, 0.3) is 0 Å². The fourth-order valence-electron chi connectivity index (χ4n) is 4.14. The Labute approximate surface area is 213 Å². The molecular weight excluding hydrogens is 535 g/mol. The summed E-state index contributed by atoms with van der Waals surface area (Å²) in [5.41, 5.74) is -1.99. The van der Waals surface area contributed by atoms with E-state index in [2.05, 4.69) is 9.97 Å². The minimum Gasteiger partial charge on any atom is -0.780 e. The first kappa shape index (κ1) is 27.8. The zero-order chi connectivity index (χ0) is 27.1. The van der Waals surface area contributed by atoms with Gasteiger partial charge in [-0.2, -0.15) is 0 Å². The predicted molar refractivity (Wildman–Crippen MR) is 127 cm³/mol. The number of aliphatic hydroxyl groups is 2. The lowest BCUT2D eigenvalue weighted by molar-refractivity contribution is -0.215. The molecule has 4 heterocycles. The summed E-state index contributed by atoms with van der Waals surface area (Å²) in [6.45, 7) is -2.15. The number of rotatable bonds is 8. The van der Waals surface area contributed by atoms with E-state index in [1.807, 2.05) is 0 Å². The topological polar surface area (TPSA) is 210 Å². The molecule has 204 valence electrons. The first-order chi connectivity index (χ1) is 17.4. The lowest BCUT2D eigenvalue weighted by Gasteiger charge is -2.32. The Bertz CT molecular complexity index is 1430. The van der Waals surface area contributed by atoms with Crippen LogP contribution in [0.5, 0.6) is 0 Å². The van der Waals surface area contributed by atoms with Crippen LogP contribution in [0.1, 0.15) is 36.4 Å². The molecule has 0 aromatic carbocycles. The molecule has 15 nitrogen and oxygen atoms in total. The second-order valence-corrected chi connectivity index (χ2v) is 11.5. The number of ether oxygens (including phenoxy) is 2. The standard InChI is InChI=1S/C20H27N4O11PS/c1-9-5-23(19(29)21-17(9)27)15-3-11(26)14(34-15)8-32-36(31,37)35-12-4-16(33-13(12)7-25)24-6-10(2)18(28)22-20(24)30/h5-6,11-16,25-26H,3-4,7-8H2,1-2H3,(H,31,37)(H,21,27,29)(H,22,28,30)/p-1/t11-,12-,13+,14+,15+,16+,36?/m0/s1. The molecule has 2 aliphatic rings. The molecule has 2 aliphatic heterocycles. The highest BCUT2D eigenvalue weighted by molar-refractivity contribution is 8.06. The van der Waals surface area contributed by atoms with Crippen molar-refractivity contribution in [1.29, 1.82) is 0 Å². The Hall–Kier alpha value is -2.27. The molecule has 4 N–H and O–H groups in total. The summed E-state index contributed by atoms with van der Waals surface area (Å²) in [6, 6.07) is 0. The normalized spacial score (nSPS) is 29.4. The van der Waals surface area contributed by atoms with Crippen LogP contribution in [-0.2, 0) is 30.3 Å². The van der Waals surface area contributed by atoms with Gasteiger partial charge >= 0.3 is 11.4 Å². The van der Waals surface area contributed by atoms with Crippen LogP contribution in [0.4, 0.5) is 0 Å². The summed E-state index contributed by atoms with van der Waals surface area (Å²) < 4.78 is 24.3. The van der Waals surface area contributed by atoms with E-state index in [9.17, 15) is 34.3 Å². The van der Waals surface area contributed by atoms with Crippen molar-refractivity contribution in [3.8, 4) is 0 Å². The van der Waals surface area contributed by atoms with Crippen LogP contribution in [0.3, 0.4) is 0 Å². The highest BCUT2D eigenvalue weighted by Gasteiger charge is 2.40. The van der Waals surface area contributed by atoms with E-state index in [1.54, 1.807) is 0 Å². The molecule has 1 unspecified atom stereocenters. The number of aliphatic hydroxyl groups excluding tert-OH is 2. The van der Waals surface area contributed by atoms with Gasteiger partial charge in [-0.05, 0) is 13.8 Å². The lowest BCUT2D eigenvalue weighted by Crippen LogP contribution is -2.33. The lowest BCUT2D eigenvalue weighted by atomic mass is 10.2. The molecule has 2 aromatic heterocycles. The van der Waals surface area contributed by atoms with Crippen molar-refractivity contribution in [2.24, 2.45) is 0 Å². The molecule has 7 atom stereocenters. The maximum Gasteiger partial charge on any atom is 0.330 e. The van der Waals surface area contributed by atoms with Gasteiger partial charge in [-0.1, -0.05) is 11.8 Å². The van der Waals surface area contributed by atoms with Gasteiger partial charge in [0.05, 0.1) is 25.4 Å². The van der Waals surface area contributed by atoms with E-state index in [1.165, 1.54) is 26.2 Å². The summed E-state index contributed by atoms with van der Waals surface area (Å²) in [5.74, 6) is 0. The Morgan fingerprint density at radius 2 is 1.54 bits per heavy atom. The van der Waals surface area contributed by atoms with E-state index in [0.29, 0.717) is 0 Å². The van der Waals surface area contributed by atoms with Crippen molar-refractivity contribution >= 4 is 18.5 Å². The van der Waals surface area contributed by atoms with Crippen molar-refractivity contribution < 1.29 is 33.6 Å². The predicted octanol–water partition coefficient (Wildman–Crippen LogP) is -2.38. The minimum absolute atomic E-state index is 0.0000715. The van der Waals surface area contributed by atoms with Crippen molar-refractivity contribution in [1.82, 2.24) is 19.1 Å². The first-order valence-electron chi connectivity index (χ1n) is 11.3. The van der Waals surface area contributed by atoms with Gasteiger partial charge in [-0.15, -0.1) is 0 Å². The first-order valence-corrected chi connectivity index (χ1v) is 13.8. The summed E-state index contributed by atoms with van der Waals surface area (Å²) >= 11 is 4.97. The van der Waals surface area contributed by atoms with Gasteiger partial charge in [0.25, 0.3) is 11.1 Å². The molecule has 0 spiro atoms. The molecule has 4 rings (SSSR count). The smallest absolute Gasteiger partial charge is 0.330 e. The molecule has 0 saturated carbocycles. The third kappa shape index (κ3) is 6.08. The van der Waals surface area contributed by atoms with Crippen molar-refractivity contribution in [3.63, 3.8) is 0 Å². The second-order valence-electron chi connectivity index (χ2n) is 8.82. The van der Waals surface area contributed by atoms with Crippen LogP contribution >= 0.6 is 6.72 Å². The maximum absolute atomic E-state index is 12.9. The largest absolute Gasteiger partial charge is 0.780 e. The third-order valence-electron chi connectivity index (χ3n) is 6.14. The van der Waals surface area contributed by atoms with Crippen molar-refractivity contribution in [2.75, 3.05) is 13.2 Å². The Balaban J connectivity index is 1.39. The van der Waals surface area contributed by atoms with Gasteiger partial charge in [-0.25, -0.2) is 9.59 Å². The number of aromatic amines is 2. The summed E-state index contributed by atoms with van der Waals surface area (Å²) in [5, 5.41) is 20.0. The third-order valence-corrected chi connectivity index (χ3v) is 7.71. The molecular formula is C20H26N4O11PS-. The zero-order valence-corrected chi connectivity index (χ0v) is 21.5. The maximum atomic E-state index is 12.9. The summed E-state index contributed by atoms with van der Waals surface area (Å²) in [6.07, 6.45) is -3.36. The molecule has 37 heavy (non-hydrogen) atoms. The number of nitrogens with one attached hydrogen (secondary N) is 2. The van der Waals surface area contributed by atoms with Gasteiger partial charge in [0.2, 0.25) is 0 Å². The highest BCUT2D eigenvalue weighted by Crippen LogP contribution is 2.45. The van der Waals surface area contributed by atoms with E-state index < -0.39 is 79.3 Å². The van der Waals surface area contributed by atoms with Crippen LogP contribution in [0.15, 0.2) is 31.6 Å². The number of nitrogens with zero attached hydrogens (tertiary/aromatic N) is 2. The Kier molecular flexibility index (Phi) is 8.13. The Morgan fingerprint density at radius 3 is 2.08 bits per heavy atom. The molecule has 0 bridgehead atoms. The number of aryl methyl sites for hydroxylation is 2. The Morgan fingerprint density at radius 1 is 1.03 bits per heavy atom. The van der Waals surface area contributed by atoms with Gasteiger partial charge < -0.3 is 33.6 Å². The van der Waals surface area contributed by atoms with Crippen LogP contribution in [0, 0.1) is 13.8 Å². The van der Waals surface area contributed by atoms with E-state index in [4.69, 9.17) is 30.3 Å². The van der Waals surface area contributed by atoms with Gasteiger partial charge in [0.1, 0.15) is 31.4 Å². The fraction of sp³-hybridized carbons (Fsp3) is 0.600. The number of hydrogen-bond acceptors (Lipinski definition) is 12. The molecule has 0 aliphatic carbocycles. The summed E-state index contributed by atoms with van der Waals surface area (Å²) in [7, 11) is 0. The fourth-order valence-corrected chi connectivity index (χ4v) is 5.60. The average molecular weight is 561 g/mol. The monoisotopic (exact) mass is 561 g/mol. The quantitative estimate of drug-likeness (QED) is 0.249. The molecule has 0 radical (unpaired) electrons. The number of hydrogen-bond donors (Lipinski definition) is 4. The summed E-state index contributed by atoms with van der Waals surface area (Å²) in [4.78, 5) is 64.7. The average Bonchev–Trinajstić information content (AvgIpc) is 3.39. The SMILES string of the molecule is Cc1cn([C@H]2C[C@H](OP([O-])(=S)OC[C@H]3O[C@@H](n4cc(C)c(=O)[nH]c4=O)C[C@@H]3O)[C@@H](CO)O2)c(=O)[nH]c1=O. The number of H-pyrrole nitrogens is 2. The van der Waals surface area contributed by atoms with Gasteiger partial charge in [0.15, 0.2) is 0 Å². The molecule has 2 fully saturated rings. The minimum atomic E-state index is -4.19. The van der Waals surface area contributed by atoms with Crippen molar-refractivity contribution in [2.45, 2.75) is 63.6 Å². The molecule has 2 saturated heterocycles. The van der Waals surface area contributed by atoms with Crippen LogP contribution in [0.2, 0.25) is 0 Å². The van der Waals surface area contributed by atoms with E-state index in [-0.39, 0.29) is 24.0 Å². The number of aromatic nitrogens is 4. The van der Waals surface area contributed by atoms with E-state index in [0.717, 1.165) is 9.13 Å². The molecule has 17 heteroatoms. The molecule has 0 amide bonds. The van der Waals surface area contributed by atoms with Crippen LogP contribution in [-0.4, -0.2) is 66.9 Å². The van der Waals surface area contributed by atoms with Gasteiger partial charge in [0, 0.05) is 36.4 Å². The highest BCUT2D eigenvalue weighted by atomic mass is 32.5. The van der Waals surface area contributed by atoms with E-state index >= 15 is 0 Å². The zero-order valence-electron chi connectivity index (χ0n) is 19.8. The van der Waals surface area contributed by atoms with Crippen molar-refractivity contribution in [3.05, 3.63) is 65.2 Å². The second kappa shape index (κ2) is 10.8. The molecule has 2 aromatic rings.